The zero-order valence-electron chi connectivity index (χ0n) is 12.9. The number of aromatic nitrogens is 1. The van der Waals surface area contributed by atoms with Gasteiger partial charge in [0.15, 0.2) is 5.76 Å². The summed E-state index contributed by atoms with van der Waals surface area (Å²) < 4.78 is 32.1. The molecule has 9 heteroatoms. The first-order valence-electron chi connectivity index (χ1n) is 6.98. The van der Waals surface area contributed by atoms with Gasteiger partial charge in [-0.15, -0.1) is 22.7 Å². The molecule has 6 nitrogen and oxygen atoms in total. The number of carbonyl (C=O) groups is 1. The molecule has 3 rings (SSSR count). The van der Waals surface area contributed by atoms with Crippen molar-refractivity contribution in [1.29, 1.82) is 0 Å². The van der Waals surface area contributed by atoms with Gasteiger partial charge in [-0.2, -0.15) is 0 Å². The van der Waals surface area contributed by atoms with Gasteiger partial charge in [0.2, 0.25) is 15.8 Å². The highest BCUT2D eigenvalue weighted by Crippen LogP contribution is 2.23. The van der Waals surface area contributed by atoms with E-state index in [1.807, 2.05) is 11.4 Å². The summed E-state index contributed by atoms with van der Waals surface area (Å²) in [6, 6.07) is 7.06. The molecule has 0 aliphatic carbocycles. The fraction of sp³-hybridized carbons (Fsp3) is 0.200. The fourth-order valence-corrected chi connectivity index (χ4v) is 5.29. The third-order valence-corrected chi connectivity index (χ3v) is 6.90. The smallest absolute Gasteiger partial charge is 0.246 e. The van der Waals surface area contributed by atoms with E-state index in [4.69, 9.17) is 4.52 Å². The molecular formula is C15H14N2O4S3. The summed E-state index contributed by atoms with van der Waals surface area (Å²) in [4.78, 5) is 14.3. The summed E-state index contributed by atoms with van der Waals surface area (Å²) >= 11 is 2.66. The average Bonchev–Trinajstić information content (AvgIpc) is 3.25. The van der Waals surface area contributed by atoms with E-state index in [0.29, 0.717) is 15.4 Å². The number of ketones is 1. The van der Waals surface area contributed by atoms with Crippen LogP contribution in [-0.4, -0.2) is 19.4 Å². The predicted octanol–water partition coefficient (Wildman–Crippen LogP) is 3.12. The van der Waals surface area contributed by atoms with E-state index >= 15 is 0 Å². The lowest BCUT2D eigenvalue weighted by Gasteiger charge is -2.04. The van der Waals surface area contributed by atoms with Crippen LogP contribution in [0.15, 0.2) is 39.1 Å². The number of thiophene rings is 2. The van der Waals surface area contributed by atoms with Gasteiger partial charge in [0.25, 0.3) is 0 Å². The number of nitrogens with one attached hydrogen (secondary N) is 1. The van der Waals surface area contributed by atoms with Crippen molar-refractivity contribution in [2.75, 3.05) is 0 Å². The van der Waals surface area contributed by atoms with Gasteiger partial charge >= 0.3 is 0 Å². The minimum Gasteiger partial charge on any atom is -0.360 e. The van der Waals surface area contributed by atoms with Crippen LogP contribution in [0.25, 0.3) is 0 Å². The Kier molecular flexibility index (Phi) is 4.68. The highest BCUT2D eigenvalue weighted by molar-refractivity contribution is 7.89. The number of hydrogen-bond acceptors (Lipinski definition) is 7. The average molecular weight is 382 g/mol. The zero-order chi connectivity index (χ0) is 17.3. The predicted molar refractivity (Wildman–Crippen MR) is 92.1 cm³/mol. The molecule has 1 N–H and O–H groups in total. The van der Waals surface area contributed by atoms with E-state index < -0.39 is 10.0 Å². The summed E-state index contributed by atoms with van der Waals surface area (Å²) in [5.41, 5.74) is 0.319. The molecule has 0 aliphatic rings. The van der Waals surface area contributed by atoms with Crippen LogP contribution in [0.2, 0.25) is 0 Å². The van der Waals surface area contributed by atoms with Crippen molar-refractivity contribution in [1.82, 2.24) is 9.88 Å². The molecule has 126 valence electrons. The molecule has 3 aromatic rings. The van der Waals surface area contributed by atoms with Gasteiger partial charge in [0.1, 0.15) is 10.6 Å². The van der Waals surface area contributed by atoms with E-state index in [0.717, 1.165) is 4.88 Å². The van der Waals surface area contributed by atoms with Crippen LogP contribution in [0, 0.1) is 13.8 Å². The topological polar surface area (TPSA) is 89.3 Å². The molecular weight excluding hydrogens is 368 g/mol. The highest BCUT2D eigenvalue weighted by atomic mass is 32.2. The maximum Gasteiger partial charge on any atom is 0.246 e. The molecule has 0 fully saturated rings. The maximum atomic E-state index is 12.4. The van der Waals surface area contributed by atoms with Crippen LogP contribution in [-0.2, 0) is 16.6 Å². The van der Waals surface area contributed by atoms with E-state index in [9.17, 15) is 13.2 Å². The molecule has 0 bridgehead atoms. The van der Waals surface area contributed by atoms with Gasteiger partial charge in [-0.25, -0.2) is 13.1 Å². The van der Waals surface area contributed by atoms with Crippen LogP contribution < -0.4 is 4.72 Å². The summed E-state index contributed by atoms with van der Waals surface area (Å²) in [5.74, 6) is 0.203. The number of hydrogen-bond donors (Lipinski definition) is 1. The second-order valence-electron chi connectivity index (χ2n) is 5.05. The van der Waals surface area contributed by atoms with Crippen molar-refractivity contribution in [2.45, 2.75) is 25.3 Å². The van der Waals surface area contributed by atoms with Crippen LogP contribution in [0.1, 0.15) is 30.9 Å². The summed E-state index contributed by atoms with van der Waals surface area (Å²) in [5, 5.41) is 5.50. The molecule has 0 aliphatic heterocycles. The molecule has 24 heavy (non-hydrogen) atoms. The molecule has 3 aromatic heterocycles. The van der Waals surface area contributed by atoms with Crippen molar-refractivity contribution in [3.8, 4) is 0 Å². The van der Waals surface area contributed by atoms with Gasteiger partial charge in [0, 0.05) is 11.4 Å². The van der Waals surface area contributed by atoms with Gasteiger partial charge in [-0.3, -0.25) is 4.79 Å². The Morgan fingerprint density at radius 3 is 2.67 bits per heavy atom. The number of sulfonamides is 1. The Bertz CT molecular complexity index is 949. The van der Waals surface area contributed by atoms with E-state index in [-0.39, 0.29) is 23.0 Å². The molecule has 0 saturated carbocycles. The normalized spacial score (nSPS) is 11.8. The zero-order valence-corrected chi connectivity index (χ0v) is 15.3. The lowest BCUT2D eigenvalue weighted by molar-refractivity contribution is 0.104. The minimum atomic E-state index is -3.71. The van der Waals surface area contributed by atoms with Crippen molar-refractivity contribution < 1.29 is 17.7 Å². The van der Waals surface area contributed by atoms with Crippen molar-refractivity contribution in [2.24, 2.45) is 0 Å². The first-order valence-corrected chi connectivity index (χ1v) is 10.2. The molecule has 0 unspecified atom stereocenters. The van der Waals surface area contributed by atoms with Crippen LogP contribution in [0.4, 0.5) is 0 Å². The molecule has 3 heterocycles. The lowest BCUT2D eigenvalue weighted by atomic mass is 10.3. The number of rotatable bonds is 6. The van der Waals surface area contributed by atoms with Gasteiger partial charge < -0.3 is 4.52 Å². The quantitative estimate of drug-likeness (QED) is 0.662. The second-order valence-corrected chi connectivity index (χ2v) is 8.87. The molecule has 0 atom stereocenters. The Morgan fingerprint density at radius 2 is 2.04 bits per heavy atom. The van der Waals surface area contributed by atoms with Gasteiger partial charge in [0.05, 0.1) is 9.75 Å². The number of aryl methyl sites for hydroxylation is 2. The Hall–Kier alpha value is -1.81. The number of carbonyl (C=O) groups excluding carboxylic acids is 1. The fourth-order valence-electron chi connectivity index (χ4n) is 2.22. The highest BCUT2D eigenvalue weighted by Gasteiger charge is 2.24. The largest absolute Gasteiger partial charge is 0.360 e. The van der Waals surface area contributed by atoms with E-state index in [1.54, 1.807) is 32.0 Å². The molecule has 0 aromatic carbocycles. The SMILES string of the molecule is Cc1noc(C)c1S(=O)(=O)NCc1ccc(C(=O)c2cccs2)s1. The molecule has 0 spiro atoms. The van der Waals surface area contributed by atoms with E-state index in [1.165, 1.54) is 22.7 Å². The first kappa shape index (κ1) is 17.0. The van der Waals surface area contributed by atoms with Gasteiger partial charge in [-0.05, 0) is 37.4 Å². The Morgan fingerprint density at radius 1 is 1.25 bits per heavy atom. The van der Waals surface area contributed by atoms with Gasteiger partial charge in [-0.1, -0.05) is 11.2 Å². The molecule has 0 amide bonds. The summed E-state index contributed by atoms with van der Waals surface area (Å²) in [7, 11) is -3.71. The van der Waals surface area contributed by atoms with Crippen molar-refractivity contribution >= 4 is 38.5 Å². The van der Waals surface area contributed by atoms with E-state index in [2.05, 4.69) is 9.88 Å². The van der Waals surface area contributed by atoms with Crippen molar-refractivity contribution in [3.63, 3.8) is 0 Å². The first-order chi connectivity index (χ1) is 11.4. The standard InChI is InChI=1S/C15H14N2O4S3/c1-9-15(10(2)21-17-9)24(19,20)16-8-11-5-6-13(23-11)14(18)12-4-3-7-22-12/h3-7,16H,8H2,1-2H3. The third-order valence-electron chi connectivity index (χ3n) is 3.30. The number of nitrogens with zero attached hydrogens (tertiary/aromatic N) is 1. The molecule has 0 saturated heterocycles. The monoisotopic (exact) mass is 382 g/mol. The van der Waals surface area contributed by atoms with Crippen LogP contribution in [0.3, 0.4) is 0 Å². The second kappa shape index (κ2) is 6.60. The maximum absolute atomic E-state index is 12.4. The van der Waals surface area contributed by atoms with Crippen LogP contribution in [0.5, 0.6) is 0 Å². The van der Waals surface area contributed by atoms with Crippen LogP contribution >= 0.6 is 22.7 Å². The Balaban J connectivity index is 1.73. The lowest BCUT2D eigenvalue weighted by Crippen LogP contribution is -2.23. The van der Waals surface area contributed by atoms with Crippen molar-refractivity contribution in [3.05, 3.63) is 55.7 Å². The third kappa shape index (κ3) is 3.34. The summed E-state index contributed by atoms with van der Waals surface area (Å²) in [6.45, 7) is 3.24. The summed E-state index contributed by atoms with van der Waals surface area (Å²) in [6.07, 6.45) is 0. The minimum absolute atomic E-state index is 0.0465. The molecule has 0 radical (unpaired) electrons. The Labute approximate surface area is 147 Å².